The predicted molar refractivity (Wildman–Crippen MR) is 91.7 cm³/mol. The lowest BCUT2D eigenvalue weighted by molar-refractivity contribution is -0.133. The van der Waals surface area contributed by atoms with Gasteiger partial charge in [-0.2, -0.15) is 0 Å². The summed E-state index contributed by atoms with van der Waals surface area (Å²) in [5.41, 5.74) is 6.96. The second kappa shape index (κ2) is 8.06. The molecule has 8 heteroatoms. The molecule has 1 aliphatic heterocycles. The Morgan fingerprint density at radius 3 is 2.64 bits per heavy atom. The standard InChI is InChI=1S/C17H25N3O5/c1-11(8-12-4-5-14-15(9-12)25-10-24-14)20(3)16(21)13(18)6-7-19(2)17(22)23/h4-5,9,11,13H,6-8,10,18H2,1-3H3,(H,22,23). The molecule has 0 fully saturated rings. The van der Waals surface area contributed by atoms with Crippen LogP contribution in [-0.2, 0) is 11.2 Å². The second-order valence-electron chi connectivity index (χ2n) is 6.29. The molecule has 0 radical (unpaired) electrons. The van der Waals surface area contributed by atoms with Gasteiger partial charge in [0.2, 0.25) is 12.7 Å². The van der Waals surface area contributed by atoms with Crippen LogP contribution in [0.4, 0.5) is 4.79 Å². The predicted octanol–water partition coefficient (Wildman–Crippen LogP) is 1.13. The quantitative estimate of drug-likeness (QED) is 0.763. The zero-order valence-corrected chi connectivity index (χ0v) is 14.8. The molecule has 0 aliphatic carbocycles. The number of carbonyl (C=O) groups excluding carboxylic acids is 1. The molecule has 1 aromatic carbocycles. The molecule has 8 nitrogen and oxygen atoms in total. The molecule has 138 valence electrons. The van der Waals surface area contributed by atoms with Gasteiger partial charge in [-0.05, 0) is 37.5 Å². The van der Waals surface area contributed by atoms with E-state index < -0.39 is 12.1 Å². The van der Waals surface area contributed by atoms with Crippen molar-refractivity contribution in [2.45, 2.75) is 31.8 Å². The minimum atomic E-state index is -1.04. The van der Waals surface area contributed by atoms with Crippen molar-refractivity contribution in [2.75, 3.05) is 27.4 Å². The SMILES string of the molecule is CC(Cc1ccc2c(c1)OCO2)N(C)C(=O)C(N)CCN(C)C(=O)O. The number of rotatable bonds is 7. The van der Waals surface area contributed by atoms with Crippen LogP contribution < -0.4 is 15.2 Å². The van der Waals surface area contributed by atoms with Crippen LogP contribution in [0.2, 0.25) is 0 Å². The topological polar surface area (TPSA) is 105 Å². The Morgan fingerprint density at radius 1 is 1.28 bits per heavy atom. The molecule has 1 aliphatic rings. The summed E-state index contributed by atoms with van der Waals surface area (Å²) < 4.78 is 10.7. The summed E-state index contributed by atoms with van der Waals surface area (Å²) in [6, 6.07) is 4.94. The molecule has 0 aromatic heterocycles. The molecule has 0 saturated heterocycles. The smallest absolute Gasteiger partial charge is 0.407 e. The summed E-state index contributed by atoms with van der Waals surface area (Å²) in [7, 11) is 3.16. The first kappa shape index (κ1) is 18.9. The number of carbonyl (C=O) groups is 2. The van der Waals surface area contributed by atoms with Gasteiger partial charge >= 0.3 is 6.09 Å². The fourth-order valence-electron chi connectivity index (χ4n) is 2.58. The van der Waals surface area contributed by atoms with Gasteiger partial charge in [0.25, 0.3) is 0 Å². The second-order valence-corrected chi connectivity index (χ2v) is 6.29. The lowest BCUT2D eigenvalue weighted by Crippen LogP contribution is -2.47. The van der Waals surface area contributed by atoms with Crippen molar-refractivity contribution in [1.82, 2.24) is 9.80 Å². The number of ether oxygens (including phenoxy) is 2. The lowest BCUT2D eigenvalue weighted by Gasteiger charge is -2.28. The van der Waals surface area contributed by atoms with Crippen molar-refractivity contribution in [3.8, 4) is 11.5 Å². The Morgan fingerprint density at radius 2 is 1.96 bits per heavy atom. The van der Waals surface area contributed by atoms with E-state index in [-0.39, 0.29) is 31.7 Å². The summed E-state index contributed by atoms with van der Waals surface area (Å²) in [5.74, 6) is 1.24. The minimum absolute atomic E-state index is 0.0591. The number of hydrogen-bond donors (Lipinski definition) is 2. The largest absolute Gasteiger partial charge is 0.465 e. The summed E-state index contributed by atoms with van der Waals surface area (Å²) in [6.07, 6.45) is -0.104. The van der Waals surface area contributed by atoms with Gasteiger partial charge in [-0.15, -0.1) is 0 Å². The monoisotopic (exact) mass is 351 g/mol. The van der Waals surface area contributed by atoms with E-state index >= 15 is 0 Å². The Balaban J connectivity index is 1.88. The molecule has 3 N–H and O–H groups in total. The minimum Gasteiger partial charge on any atom is -0.465 e. The van der Waals surface area contributed by atoms with Crippen molar-refractivity contribution >= 4 is 12.0 Å². The summed E-state index contributed by atoms with van der Waals surface area (Å²) in [6.45, 7) is 2.39. The summed E-state index contributed by atoms with van der Waals surface area (Å²) in [5, 5.41) is 8.83. The van der Waals surface area contributed by atoms with Crippen molar-refractivity contribution in [2.24, 2.45) is 5.73 Å². The third-order valence-electron chi connectivity index (χ3n) is 4.40. The summed E-state index contributed by atoms with van der Waals surface area (Å²) in [4.78, 5) is 25.9. The van der Waals surface area contributed by atoms with Crippen LogP contribution in [0.3, 0.4) is 0 Å². The molecule has 2 atom stereocenters. The average molecular weight is 351 g/mol. The Labute approximate surface area is 147 Å². The van der Waals surface area contributed by atoms with Gasteiger partial charge < -0.3 is 30.1 Å². The fourth-order valence-corrected chi connectivity index (χ4v) is 2.58. The Hall–Kier alpha value is -2.48. The van der Waals surface area contributed by atoms with Gasteiger partial charge in [-0.25, -0.2) is 4.79 Å². The third-order valence-corrected chi connectivity index (χ3v) is 4.40. The average Bonchev–Trinajstić information content (AvgIpc) is 3.05. The van der Waals surface area contributed by atoms with Crippen LogP contribution in [0.25, 0.3) is 0 Å². The van der Waals surface area contributed by atoms with Crippen LogP contribution in [0.1, 0.15) is 18.9 Å². The Bertz CT molecular complexity index is 637. The molecule has 25 heavy (non-hydrogen) atoms. The molecule has 2 amide bonds. The molecule has 0 saturated carbocycles. The van der Waals surface area contributed by atoms with E-state index in [4.69, 9.17) is 20.3 Å². The zero-order chi connectivity index (χ0) is 18.6. The molecule has 2 unspecified atom stereocenters. The number of nitrogens with zero attached hydrogens (tertiary/aromatic N) is 2. The molecular formula is C17H25N3O5. The van der Waals surface area contributed by atoms with E-state index in [1.165, 1.54) is 7.05 Å². The van der Waals surface area contributed by atoms with Crippen molar-refractivity contribution in [3.05, 3.63) is 23.8 Å². The van der Waals surface area contributed by atoms with Crippen LogP contribution in [0, 0.1) is 0 Å². The maximum absolute atomic E-state index is 12.4. The van der Waals surface area contributed by atoms with Gasteiger partial charge in [0, 0.05) is 26.7 Å². The highest BCUT2D eigenvalue weighted by Crippen LogP contribution is 2.32. The van der Waals surface area contributed by atoms with Gasteiger partial charge in [-0.1, -0.05) is 6.07 Å². The van der Waals surface area contributed by atoms with Crippen LogP contribution in [-0.4, -0.2) is 66.4 Å². The van der Waals surface area contributed by atoms with Gasteiger partial charge in [-0.3, -0.25) is 4.79 Å². The number of carboxylic acid groups (broad SMARTS) is 1. The van der Waals surface area contributed by atoms with Crippen LogP contribution >= 0.6 is 0 Å². The van der Waals surface area contributed by atoms with Crippen molar-refractivity contribution < 1.29 is 24.2 Å². The highest BCUT2D eigenvalue weighted by molar-refractivity contribution is 5.81. The highest BCUT2D eigenvalue weighted by Gasteiger charge is 2.23. The van der Waals surface area contributed by atoms with Crippen molar-refractivity contribution in [3.63, 3.8) is 0 Å². The molecule has 0 spiro atoms. The molecule has 1 heterocycles. The number of likely N-dealkylation sites (N-methyl/N-ethyl adjacent to an activating group) is 1. The number of nitrogens with two attached hydrogens (primary N) is 1. The number of fused-ring (bicyclic) bond motifs is 1. The van der Waals surface area contributed by atoms with Crippen LogP contribution in [0.15, 0.2) is 18.2 Å². The summed E-state index contributed by atoms with van der Waals surface area (Å²) >= 11 is 0. The third kappa shape index (κ3) is 4.76. The van der Waals surface area contributed by atoms with Gasteiger partial charge in [0.1, 0.15) is 0 Å². The molecule has 0 bridgehead atoms. The Kier molecular flexibility index (Phi) is 6.08. The highest BCUT2D eigenvalue weighted by atomic mass is 16.7. The number of amides is 2. The van der Waals surface area contributed by atoms with E-state index in [2.05, 4.69) is 0 Å². The maximum Gasteiger partial charge on any atom is 0.407 e. The van der Waals surface area contributed by atoms with E-state index in [9.17, 15) is 9.59 Å². The molecule has 1 aromatic rings. The van der Waals surface area contributed by atoms with E-state index in [1.54, 1.807) is 11.9 Å². The van der Waals surface area contributed by atoms with Gasteiger partial charge in [0.15, 0.2) is 11.5 Å². The van der Waals surface area contributed by atoms with Crippen LogP contribution in [0.5, 0.6) is 11.5 Å². The molecule has 2 rings (SSSR count). The number of benzene rings is 1. The zero-order valence-electron chi connectivity index (χ0n) is 14.8. The van der Waals surface area contributed by atoms with E-state index in [0.717, 1.165) is 16.2 Å². The maximum atomic E-state index is 12.4. The van der Waals surface area contributed by atoms with E-state index in [1.807, 2.05) is 25.1 Å². The molecular weight excluding hydrogens is 326 g/mol. The lowest BCUT2D eigenvalue weighted by atomic mass is 10.0. The first-order valence-electron chi connectivity index (χ1n) is 8.14. The van der Waals surface area contributed by atoms with Gasteiger partial charge in [0.05, 0.1) is 6.04 Å². The normalized spacial score (nSPS) is 14.7. The number of hydrogen-bond acceptors (Lipinski definition) is 5. The van der Waals surface area contributed by atoms with E-state index in [0.29, 0.717) is 12.2 Å². The first-order valence-corrected chi connectivity index (χ1v) is 8.14. The fraction of sp³-hybridized carbons (Fsp3) is 0.529. The first-order chi connectivity index (χ1) is 11.8. The van der Waals surface area contributed by atoms with Crippen molar-refractivity contribution in [1.29, 1.82) is 0 Å².